The zero-order chi connectivity index (χ0) is 13.8. The highest BCUT2D eigenvalue weighted by Crippen LogP contribution is 2.12. The SMILES string of the molecule is CC(C)CC(CO)NS(=O)(=O)c1ccc(F)cc1. The van der Waals surface area contributed by atoms with E-state index in [1.165, 1.54) is 12.1 Å². The Morgan fingerprint density at radius 1 is 1.28 bits per heavy atom. The van der Waals surface area contributed by atoms with Gasteiger partial charge in [0, 0.05) is 6.04 Å². The molecule has 1 aromatic rings. The van der Waals surface area contributed by atoms with Crippen molar-refractivity contribution in [2.24, 2.45) is 5.92 Å². The molecule has 1 aromatic carbocycles. The number of rotatable bonds is 6. The van der Waals surface area contributed by atoms with Gasteiger partial charge in [0.15, 0.2) is 0 Å². The number of aliphatic hydroxyl groups excluding tert-OH is 1. The molecule has 0 amide bonds. The number of nitrogens with one attached hydrogen (secondary N) is 1. The lowest BCUT2D eigenvalue weighted by atomic mass is 10.1. The van der Waals surface area contributed by atoms with Gasteiger partial charge in [-0.05, 0) is 36.6 Å². The van der Waals surface area contributed by atoms with E-state index in [9.17, 15) is 12.8 Å². The van der Waals surface area contributed by atoms with Crippen molar-refractivity contribution >= 4 is 10.0 Å². The summed E-state index contributed by atoms with van der Waals surface area (Å²) in [4.78, 5) is -0.00824. The normalized spacial score (nSPS) is 13.8. The van der Waals surface area contributed by atoms with Crippen molar-refractivity contribution in [1.82, 2.24) is 4.72 Å². The summed E-state index contributed by atoms with van der Waals surface area (Å²) in [6, 6.07) is 4.04. The van der Waals surface area contributed by atoms with Crippen molar-refractivity contribution in [3.63, 3.8) is 0 Å². The average molecular weight is 275 g/mol. The Morgan fingerprint density at radius 3 is 2.28 bits per heavy atom. The fraction of sp³-hybridized carbons (Fsp3) is 0.500. The van der Waals surface area contributed by atoms with Crippen LogP contribution < -0.4 is 4.72 Å². The second-order valence-corrected chi connectivity index (χ2v) is 6.30. The van der Waals surface area contributed by atoms with Gasteiger partial charge < -0.3 is 5.11 Å². The summed E-state index contributed by atoms with van der Waals surface area (Å²) in [7, 11) is -3.71. The van der Waals surface area contributed by atoms with Crippen molar-refractivity contribution < 1.29 is 17.9 Å². The summed E-state index contributed by atoms with van der Waals surface area (Å²) < 4.78 is 39.0. The number of hydrogen-bond donors (Lipinski definition) is 2. The van der Waals surface area contributed by atoms with Crippen LogP contribution in [0.1, 0.15) is 20.3 Å². The maximum atomic E-state index is 12.7. The molecule has 0 radical (unpaired) electrons. The third kappa shape index (κ3) is 4.36. The van der Waals surface area contributed by atoms with E-state index in [2.05, 4.69) is 4.72 Å². The molecule has 1 rings (SSSR count). The third-order valence-corrected chi connectivity index (χ3v) is 3.96. The van der Waals surface area contributed by atoms with Crippen molar-refractivity contribution in [2.75, 3.05) is 6.61 Å². The van der Waals surface area contributed by atoms with E-state index < -0.39 is 21.9 Å². The minimum absolute atomic E-state index is 0.00824. The van der Waals surface area contributed by atoms with Gasteiger partial charge in [-0.15, -0.1) is 0 Å². The molecule has 0 aliphatic rings. The van der Waals surface area contributed by atoms with E-state index in [1.807, 2.05) is 13.8 Å². The van der Waals surface area contributed by atoms with Crippen LogP contribution in [0.4, 0.5) is 4.39 Å². The van der Waals surface area contributed by atoms with Gasteiger partial charge in [-0.1, -0.05) is 13.8 Å². The molecule has 0 saturated heterocycles. The standard InChI is InChI=1S/C12H18FNO3S/c1-9(2)7-11(8-15)14-18(16,17)12-5-3-10(13)4-6-12/h3-6,9,11,14-15H,7-8H2,1-2H3. The molecule has 1 unspecified atom stereocenters. The largest absolute Gasteiger partial charge is 0.395 e. The first-order valence-corrected chi connectivity index (χ1v) is 7.22. The molecular weight excluding hydrogens is 257 g/mol. The summed E-state index contributed by atoms with van der Waals surface area (Å²) in [6.07, 6.45) is 0.539. The molecule has 0 aromatic heterocycles. The van der Waals surface area contributed by atoms with Crippen LogP contribution in [0, 0.1) is 11.7 Å². The minimum Gasteiger partial charge on any atom is -0.395 e. The number of hydrogen-bond acceptors (Lipinski definition) is 3. The van der Waals surface area contributed by atoms with E-state index in [0.29, 0.717) is 6.42 Å². The highest BCUT2D eigenvalue weighted by molar-refractivity contribution is 7.89. The molecule has 2 N–H and O–H groups in total. The van der Waals surface area contributed by atoms with Crippen LogP contribution >= 0.6 is 0 Å². The lowest BCUT2D eigenvalue weighted by Crippen LogP contribution is -2.38. The van der Waals surface area contributed by atoms with Gasteiger partial charge in [0.05, 0.1) is 11.5 Å². The minimum atomic E-state index is -3.71. The van der Waals surface area contributed by atoms with Crippen molar-refractivity contribution in [3.05, 3.63) is 30.1 Å². The molecule has 1 atom stereocenters. The second kappa shape index (κ2) is 6.26. The van der Waals surface area contributed by atoms with Crippen LogP contribution in [0.3, 0.4) is 0 Å². The quantitative estimate of drug-likeness (QED) is 0.827. The number of halogens is 1. The molecule has 18 heavy (non-hydrogen) atoms. The first-order chi connectivity index (χ1) is 8.35. The van der Waals surface area contributed by atoms with Crippen LogP contribution in [0.15, 0.2) is 29.2 Å². The first-order valence-electron chi connectivity index (χ1n) is 5.74. The van der Waals surface area contributed by atoms with E-state index in [1.54, 1.807) is 0 Å². The average Bonchev–Trinajstić information content (AvgIpc) is 2.27. The van der Waals surface area contributed by atoms with E-state index >= 15 is 0 Å². The summed E-state index contributed by atoms with van der Waals surface area (Å²) in [5.41, 5.74) is 0. The second-order valence-electron chi connectivity index (χ2n) is 4.58. The van der Waals surface area contributed by atoms with Gasteiger partial charge in [0.25, 0.3) is 0 Å². The van der Waals surface area contributed by atoms with Gasteiger partial charge in [0.1, 0.15) is 5.82 Å². The van der Waals surface area contributed by atoms with Crippen LogP contribution in [0.2, 0.25) is 0 Å². The topological polar surface area (TPSA) is 66.4 Å². The lowest BCUT2D eigenvalue weighted by molar-refractivity contribution is 0.240. The summed E-state index contributed by atoms with van der Waals surface area (Å²) in [6.45, 7) is 3.61. The molecule has 4 nitrogen and oxygen atoms in total. The van der Waals surface area contributed by atoms with Gasteiger partial charge in [-0.3, -0.25) is 0 Å². The Bertz CT molecular complexity index is 471. The molecular formula is C12H18FNO3S. The highest BCUT2D eigenvalue weighted by atomic mass is 32.2. The molecule has 0 aliphatic carbocycles. The monoisotopic (exact) mass is 275 g/mol. The molecule has 6 heteroatoms. The Balaban J connectivity index is 2.83. The Morgan fingerprint density at radius 2 is 1.83 bits per heavy atom. The summed E-state index contributed by atoms with van der Waals surface area (Å²) in [5, 5.41) is 9.14. The molecule has 0 saturated carbocycles. The van der Waals surface area contributed by atoms with Gasteiger partial charge in [-0.25, -0.2) is 17.5 Å². The maximum absolute atomic E-state index is 12.7. The van der Waals surface area contributed by atoms with Crippen LogP contribution in [-0.2, 0) is 10.0 Å². The molecule has 0 heterocycles. The molecule has 102 valence electrons. The molecule has 0 bridgehead atoms. The lowest BCUT2D eigenvalue weighted by Gasteiger charge is -2.18. The number of sulfonamides is 1. The summed E-state index contributed by atoms with van der Waals surface area (Å²) in [5.74, 6) is -0.229. The van der Waals surface area contributed by atoms with Crippen molar-refractivity contribution in [1.29, 1.82) is 0 Å². The summed E-state index contributed by atoms with van der Waals surface area (Å²) >= 11 is 0. The predicted molar refractivity (Wildman–Crippen MR) is 67.1 cm³/mol. The maximum Gasteiger partial charge on any atom is 0.240 e. The van der Waals surface area contributed by atoms with Crippen molar-refractivity contribution in [3.8, 4) is 0 Å². The number of benzene rings is 1. The predicted octanol–water partition coefficient (Wildman–Crippen LogP) is 1.51. The van der Waals surface area contributed by atoms with Crippen LogP contribution in [-0.4, -0.2) is 26.2 Å². The fourth-order valence-corrected chi connectivity index (χ4v) is 2.87. The van der Waals surface area contributed by atoms with Crippen molar-refractivity contribution in [2.45, 2.75) is 31.2 Å². The van der Waals surface area contributed by atoms with Crippen LogP contribution in [0.5, 0.6) is 0 Å². The molecule has 0 aliphatic heterocycles. The Hall–Kier alpha value is -0.980. The van der Waals surface area contributed by atoms with E-state index in [0.717, 1.165) is 12.1 Å². The Kier molecular flexibility index (Phi) is 5.25. The molecule has 0 spiro atoms. The fourth-order valence-electron chi connectivity index (χ4n) is 1.63. The first kappa shape index (κ1) is 15.1. The van der Waals surface area contributed by atoms with E-state index in [-0.39, 0.29) is 17.4 Å². The zero-order valence-electron chi connectivity index (χ0n) is 10.4. The smallest absolute Gasteiger partial charge is 0.240 e. The van der Waals surface area contributed by atoms with Gasteiger partial charge >= 0.3 is 0 Å². The number of aliphatic hydroxyl groups is 1. The van der Waals surface area contributed by atoms with Crippen LogP contribution in [0.25, 0.3) is 0 Å². The highest BCUT2D eigenvalue weighted by Gasteiger charge is 2.20. The zero-order valence-corrected chi connectivity index (χ0v) is 11.2. The Labute approximate surface area is 107 Å². The molecule has 0 fully saturated rings. The third-order valence-electron chi connectivity index (χ3n) is 2.42. The van der Waals surface area contributed by atoms with Gasteiger partial charge in [-0.2, -0.15) is 0 Å². The van der Waals surface area contributed by atoms with Gasteiger partial charge in [0.2, 0.25) is 10.0 Å². The van der Waals surface area contributed by atoms with E-state index in [4.69, 9.17) is 5.11 Å².